The van der Waals surface area contributed by atoms with Crippen molar-refractivity contribution >= 4 is 19.0 Å². The summed E-state index contributed by atoms with van der Waals surface area (Å²) in [6.07, 6.45) is 0. The minimum absolute atomic E-state index is 0.407. The third kappa shape index (κ3) is 1.59. The van der Waals surface area contributed by atoms with E-state index in [0.29, 0.717) is 11.0 Å². The van der Waals surface area contributed by atoms with Gasteiger partial charge in [0.1, 0.15) is 0 Å². The Morgan fingerprint density at radius 3 is 2.60 bits per heavy atom. The summed E-state index contributed by atoms with van der Waals surface area (Å²) in [5.74, 6) is 0. The van der Waals surface area contributed by atoms with Gasteiger partial charge in [-0.05, 0) is 18.2 Å². The minimum Gasteiger partial charge on any atom is -0.399 e. The molecule has 0 saturated carbocycles. The first-order chi connectivity index (χ1) is 4.70. The van der Waals surface area contributed by atoms with E-state index in [9.17, 15) is 4.57 Å². The van der Waals surface area contributed by atoms with Crippen LogP contribution in [0, 0.1) is 0 Å². The lowest BCUT2D eigenvalue weighted by Gasteiger charge is -1.95. The molecule has 1 aromatic carbocycles. The van der Waals surface area contributed by atoms with Crippen molar-refractivity contribution in [1.29, 1.82) is 0 Å². The minimum atomic E-state index is -2.56. The topological polar surface area (TPSA) is 63.3 Å². The zero-order valence-electron chi connectivity index (χ0n) is 5.24. The van der Waals surface area contributed by atoms with Crippen LogP contribution in [0.5, 0.6) is 0 Å². The Kier molecular flexibility index (Phi) is 2.10. The monoisotopic (exact) mass is 157 g/mol. The third-order valence-corrected chi connectivity index (χ3v) is 1.94. The standard InChI is InChI=1S/C6H8NO2P/c7-5-2-1-3-6(4-5)10(8)9/h1-4,10H,7H2,(H,8,9). The number of nitrogens with two attached hydrogens (primary N) is 1. The molecule has 0 aliphatic rings. The summed E-state index contributed by atoms with van der Waals surface area (Å²) >= 11 is 0. The molecule has 10 heavy (non-hydrogen) atoms. The summed E-state index contributed by atoms with van der Waals surface area (Å²) in [4.78, 5) is 8.64. The summed E-state index contributed by atoms with van der Waals surface area (Å²) in [6.45, 7) is 0. The molecule has 1 atom stereocenters. The lowest BCUT2D eigenvalue weighted by Crippen LogP contribution is -1.96. The highest BCUT2D eigenvalue weighted by Gasteiger charge is 1.96. The third-order valence-electron chi connectivity index (χ3n) is 1.13. The maximum Gasteiger partial charge on any atom is 0.218 e. The second-order valence-electron chi connectivity index (χ2n) is 1.93. The van der Waals surface area contributed by atoms with Gasteiger partial charge in [0.05, 0.1) is 0 Å². The van der Waals surface area contributed by atoms with Crippen LogP contribution in [0.2, 0.25) is 0 Å². The van der Waals surface area contributed by atoms with Crippen LogP contribution in [0.4, 0.5) is 5.69 Å². The second-order valence-corrected chi connectivity index (χ2v) is 3.12. The van der Waals surface area contributed by atoms with Gasteiger partial charge in [-0.15, -0.1) is 0 Å². The van der Waals surface area contributed by atoms with Crippen LogP contribution in [0.3, 0.4) is 0 Å². The molecule has 1 aromatic rings. The van der Waals surface area contributed by atoms with Crippen LogP contribution in [0.1, 0.15) is 0 Å². The highest BCUT2D eigenvalue weighted by atomic mass is 31.1. The van der Waals surface area contributed by atoms with Gasteiger partial charge in [-0.2, -0.15) is 0 Å². The first-order valence-corrected chi connectivity index (χ1v) is 4.14. The Balaban J connectivity index is 3.07. The van der Waals surface area contributed by atoms with E-state index in [0.717, 1.165) is 0 Å². The Hall–Kier alpha value is -0.790. The Morgan fingerprint density at radius 2 is 2.20 bits per heavy atom. The van der Waals surface area contributed by atoms with E-state index in [-0.39, 0.29) is 0 Å². The van der Waals surface area contributed by atoms with Gasteiger partial charge in [0.15, 0.2) is 0 Å². The van der Waals surface area contributed by atoms with Crippen molar-refractivity contribution in [3.63, 3.8) is 0 Å². The molecule has 0 amide bonds. The van der Waals surface area contributed by atoms with Gasteiger partial charge < -0.3 is 10.6 Å². The van der Waals surface area contributed by atoms with Gasteiger partial charge in [0.2, 0.25) is 8.03 Å². The van der Waals surface area contributed by atoms with E-state index in [4.69, 9.17) is 10.6 Å². The molecule has 0 aromatic heterocycles. The van der Waals surface area contributed by atoms with Crippen LogP contribution >= 0.6 is 8.03 Å². The van der Waals surface area contributed by atoms with Gasteiger partial charge in [0.25, 0.3) is 0 Å². The predicted octanol–water partition coefficient (Wildman–Crippen LogP) is 0.361. The van der Waals surface area contributed by atoms with Crippen LogP contribution in [-0.2, 0) is 4.57 Å². The van der Waals surface area contributed by atoms with Crippen LogP contribution in [-0.4, -0.2) is 4.89 Å². The molecule has 0 aliphatic carbocycles. The molecule has 0 saturated heterocycles. The van der Waals surface area contributed by atoms with E-state index in [1.165, 1.54) is 6.07 Å². The molecule has 0 heterocycles. The van der Waals surface area contributed by atoms with E-state index < -0.39 is 8.03 Å². The maximum atomic E-state index is 10.5. The number of nitrogen functional groups attached to an aromatic ring is 1. The summed E-state index contributed by atoms with van der Waals surface area (Å²) < 4.78 is 10.5. The lowest BCUT2D eigenvalue weighted by molar-refractivity contribution is 0.513. The first-order valence-electron chi connectivity index (χ1n) is 2.79. The van der Waals surface area contributed by atoms with Crippen molar-refractivity contribution < 1.29 is 9.46 Å². The average molecular weight is 157 g/mol. The molecule has 0 radical (unpaired) electrons. The van der Waals surface area contributed by atoms with Crippen molar-refractivity contribution in [3.8, 4) is 0 Å². The Bertz CT molecular complexity index is 262. The van der Waals surface area contributed by atoms with Crippen molar-refractivity contribution in [2.45, 2.75) is 0 Å². The van der Waals surface area contributed by atoms with Crippen LogP contribution in [0.25, 0.3) is 0 Å². The molecule has 54 valence electrons. The molecule has 3 nitrogen and oxygen atoms in total. The highest BCUT2D eigenvalue weighted by Crippen LogP contribution is 2.13. The number of hydrogen-bond acceptors (Lipinski definition) is 2. The molecular formula is C6H8NO2P. The van der Waals surface area contributed by atoms with Crippen molar-refractivity contribution in [1.82, 2.24) is 0 Å². The van der Waals surface area contributed by atoms with Gasteiger partial charge in [-0.25, -0.2) is 0 Å². The average Bonchev–Trinajstić information content (AvgIpc) is 1.88. The highest BCUT2D eigenvalue weighted by molar-refractivity contribution is 7.47. The zero-order chi connectivity index (χ0) is 7.56. The first kappa shape index (κ1) is 7.32. The van der Waals surface area contributed by atoms with Gasteiger partial charge in [-0.1, -0.05) is 6.07 Å². The molecule has 0 bridgehead atoms. The molecule has 4 heteroatoms. The summed E-state index contributed by atoms with van der Waals surface area (Å²) in [5.41, 5.74) is 5.88. The predicted molar refractivity (Wildman–Crippen MR) is 41.7 cm³/mol. The molecule has 1 unspecified atom stereocenters. The number of rotatable bonds is 1. The van der Waals surface area contributed by atoms with Gasteiger partial charge >= 0.3 is 0 Å². The zero-order valence-corrected chi connectivity index (χ0v) is 6.24. The molecule has 3 N–H and O–H groups in total. The number of hydrogen-bond donors (Lipinski definition) is 2. The quantitative estimate of drug-likeness (QED) is 0.457. The van der Waals surface area contributed by atoms with Crippen molar-refractivity contribution in [3.05, 3.63) is 24.3 Å². The van der Waals surface area contributed by atoms with Crippen LogP contribution < -0.4 is 11.0 Å². The van der Waals surface area contributed by atoms with E-state index in [1.807, 2.05) is 0 Å². The normalized spacial score (nSPS) is 12.9. The van der Waals surface area contributed by atoms with E-state index in [1.54, 1.807) is 18.2 Å². The molecule has 0 spiro atoms. The lowest BCUT2D eigenvalue weighted by atomic mass is 10.3. The molecular weight excluding hydrogens is 149 g/mol. The van der Waals surface area contributed by atoms with E-state index in [2.05, 4.69) is 0 Å². The summed E-state index contributed by atoms with van der Waals surface area (Å²) in [6, 6.07) is 6.41. The maximum absolute atomic E-state index is 10.5. The van der Waals surface area contributed by atoms with Crippen molar-refractivity contribution in [2.75, 3.05) is 5.73 Å². The molecule has 0 aliphatic heterocycles. The Morgan fingerprint density at radius 1 is 1.50 bits per heavy atom. The molecule has 0 fully saturated rings. The fourth-order valence-electron chi connectivity index (χ4n) is 0.672. The summed E-state index contributed by atoms with van der Waals surface area (Å²) in [7, 11) is -2.56. The van der Waals surface area contributed by atoms with Gasteiger partial charge in [0, 0.05) is 11.0 Å². The SMILES string of the molecule is Nc1cccc([PH](=O)O)c1. The van der Waals surface area contributed by atoms with Crippen LogP contribution in [0.15, 0.2) is 24.3 Å². The van der Waals surface area contributed by atoms with Crippen molar-refractivity contribution in [2.24, 2.45) is 0 Å². The number of anilines is 1. The second kappa shape index (κ2) is 2.86. The molecule has 1 rings (SSSR count). The van der Waals surface area contributed by atoms with E-state index >= 15 is 0 Å². The largest absolute Gasteiger partial charge is 0.399 e. The Labute approximate surface area is 59.4 Å². The fourth-order valence-corrected chi connectivity index (χ4v) is 1.20. The number of benzene rings is 1. The van der Waals surface area contributed by atoms with Gasteiger partial charge in [-0.3, -0.25) is 4.57 Å². The summed E-state index contributed by atoms with van der Waals surface area (Å²) in [5, 5.41) is 0.407. The smallest absolute Gasteiger partial charge is 0.218 e. The fraction of sp³-hybridized carbons (Fsp3) is 0.